The lowest BCUT2D eigenvalue weighted by molar-refractivity contribution is 0.220. The van der Waals surface area contributed by atoms with Crippen LogP contribution in [0.4, 0.5) is 0 Å². The van der Waals surface area contributed by atoms with Crippen molar-refractivity contribution in [3.63, 3.8) is 0 Å². The van der Waals surface area contributed by atoms with Crippen molar-refractivity contribution in [1.29, 1.82) is 0 Å². The predicted octanol–water partition coefficient (Wildman–Crippen LogP) is 3.02. The van der Waals surface area contributed by atoms with E-state index >= 15 is 0 Å². The average Bonchev–Trinajstić information content (AvgIpc) is 2.91. The van der Waals surface area contributed by atoms with Gasteiger partial charge in [-0.2, -0.15) is 0 Å². The second kappa shape index (κ2) is 5.88. The lowest BCUT2D eigenvalue weighted by Gasteiger charge is -2.26. The van der Waals surface area contributed by atoms with E-state index in [9.17, 15) is 0 Å². The largest absolute Gasteiger partial charge is 0.482 e. The highest BCUT2D eigenvalue weighted by Gasteiger charge is 2.23. The van der Waals surface area contributed by atoms with Crippen LogP contribution < -0.4 is 4.74 Å². The molecule has 3 rings (SSSR count). The van der Waals surface area contributed by atoms with Crippen molar-refractivity contribution < 1.29 is 4.74 Å². The van der Waals surface area contributed by atoms with Crippen LogP contribution in [-0.4, -0.2) is 39.7 Å². The Kier molecular flexibility index (Phi) is 4.08. The number of likely N-dealkylation sites (tertiary alicyclic amines) is 1. The molecule has 22 heavy (non-hydrogen) atoms. The minimum Gasteiger partial charge on any atom is -0.482 e. The summed E-state index contributed by atoms with van der Waals surface area (Å²) in [6, 6.07) is 4.26. The Morgan fingerprint density at radius 3 is 2.45 bits per heavy atom. The maximum absolute atomic E-state index is 5.62. The van der Waals surface area contributed by atoms with E-state index in [4.69, 9.17) is 4.74 Å². The molecule has 0 aromatic carbocycles. The number of hydrogen-bond acceptors (Lipinski definition) is 4. The van der Waals surface area contributed by atoms with Gasteiger partial charge in [0.1, 0.15) is 5.82 Å². The molecule has 5 heteroatoms. The summed E-state index contributed by atoms with van der Waals surface area (Å²) in [5, 5.41) is 8.74. The standard InChI is InChI=1S/C17H26N4O/c1-17(2,3)16-19-18-14-10-13(11-15(22-4)21(14)16)12-20-8-6-5-7-9-20/h10-11H,5-9,12H2,1-4H3. The maximum atomic E-state index is 5.62. The summed E-state index contributed by atoms with van der Waals surface area (Å²) in [7, 11) is 1.71. The van der Waals surface area contributed by atoms with Gasteiger partial charge < -0.3 is 4.74 Å². The van der Waals surface area contributed by atoms with Gasteiger partial charge in [-0.15, -0.1) is 10.2 Å². The van der Waals surface area contributed by atoms with Crippen molar-refractivity contribution in [3.8, 4) is 5.88 Å². The summed E-state index contributed by atoms with van der Waals surface area (Å²) in [4.78, 5) is 2.51. The van der Waals surface area contributed by atoms with Gasteiger partial charge >= 0.3 is 0 Å². The zero-order chi connectivity index (χ0) is 15.7. The summed E-state index contributed by atoms with van der Waals surface area (Å²) in [5.41, 5.74) is 2.05. The number of methoxy groups -OCH3 is 1. The van der Waals surface area contributed by atoms with Gasteiger partial charge in [0.2, 0.25) is 5.88 Å². The predicted molar refractivity (Wildman–Crippen MR) is 87.4 cm³/mol. The van der Waals surface area contributed by atoms with E-state index in [1.165, 1.54) is 37.9 Å². The van der Waals surface area contributed by atoms with Crippen LogP contribution >= 0.6 is 0 Å². The Morgan fingerprint density at radius 1 is 1.09 bits per heavy atom. The first-order chi connectivity index (χ1) is 10.5. The third-order valence-electron chi connectivity index (χ3n) is 4.27. The first-order valence-electron chi connectivity index (χ1n) is 8.14. The zero-order valence-electron chi connectivity index (χ0n) is 14.1. The van der Waals surface area contributed by atoms with Crippen molar-refractivity contribution in [2.24, 2.45) is 0 Å². The molecule has 2 aromatic heterocycles. The molecule has 0 radical (unpaired) electrons. The monoisotopic (exact) mass is 302 g/mol. The fourth-order valence-corrected chi connectivity index (χ4v) is 3.14. The van der Waals surface area contributed by atoms with Crippen LogP contribution in [0.3, 0.4) is 0 Å². The summed E-state index contributed by atoms with van der Waals surface area (Å²) in [6.07, 6.45) is 3.97. The van der Waals surface area contributed by atoms with Crippen LogP contribution in [0, 0.1) is 0 Å². The molecule has 1 aliphatic heterocycles. The van der Waals surface area contributed by atoms with Gasteiger partial charge in [-0.3, -0.25) is 4.90 Å². The van der Waals surface area contributed by atoms with Gasteiger partial charge in [-0.25, -0.2) is 4.40 Å². The molecule has 0 spiro atoms. The number of fused-ring (bicyclic) bond motifs is 1. The molecule has 1 fully saturated rings. The van der Waals surface area contributed by atoms with Crippen LogP contribution in [0.2, 0.25) is 0 Å². The Labute approximate surface area is 132 Å². The van der Waals surface area contributed by atoms with Gasteiger partial charge in [0.15, 0.2) is 5.65 Å². The highest BCUT2D eigenvalue weighted by atomic mass is 16.5. The van der Waals surface area contributed by atoms with Crippen molar-refractivity contribution in [1.82, 2.24) is 19.5 Å². The molecular formula is C17H26N4O. The van der Waals surface area contributed by atoms with Crippen molar-refractivity contribution in [2.75, 3.05) is 20.2 Å². The van der Waals surface area contributed by atoms with Crippen molar-refractivity contribution in [2.45, 2.75) is 52.0 Å². The molecule has 5 nitrogen and oxygen atoms in total. The fourth-order valence-electron chi connectivity index (χ4n) is 3.14. The zero-order valence-corrected chi connectivity index (χ0v) is 14.1. The quantitative estimate of drug-likeness (QED) is 0.874. The van der Waals surface area contributed by atoms with Gasteiger partial charge in [-0.1, -0.05) is 27.2 Å². The summed E-state index contributed by atoms with van der Waals surface area (Å²) in [6.45, 7) is 9.77. The molecule has 0 aliphatic carbocycles. The molecule has 3 heterocycles. The van der Waals surface area contributed by atoms with Crippen LogP contribution in [0.1, 0.15) is 51.4 Å². The lowest BCUT2D eigenvalue weighted by Crippen LogP contribution is -2.29. The van der Waals surface area contributed by atoms with E-state index in [1.807, 2.05) is 4.40 Å². The van der Waals surface area contributed by atoms with E-state index in [1.54, 1.807) is 7.11 Å². The van der Waals surface area contributed by atoms with Crippen LogP contribution in [0.15, 0.2) is 12.1 Å². The number of aromatic nitrogens is 3. The third-order valence-corrected chi connectivity index (χ3v) is 4.27. The van der Waals surface area contributed by atoms with Gasteiger partial charge in [0.05, 0.1) is 7.11 Å². The molecule has 0 N–H and O–H groups in total. The molecule has 0 amide bonds. The van der Waals surface area contributed by atoms with E-state index < -0.39 is 0 Å². The van der Waals surface area contributed by atoms with Crippen molar-refractivity contribution in [3.05, 3.63) is 23.5 Å². The second-order valence-electron chi connectivity index (χ2n) is 7.21. The smallest absolute Gasteiger partial charge is 0.200 e. The average molecular weight is 302 g/mol. The Bertz CT molecular complexity index is 650. The summed E-state index contributed by atoms with van der Waals surface area (Å²) >= 11 is 0. The van der Waals surface area contributed by atoms with Crippen LogP contribution in [0.25, 0.3) is 5.65 Å². The minimum absolute atomic E-state index is 0.0684. The molecule has 0 unspecified atom stereocenters. The van der Waals surface area contributed by atoms with Gasteiger partial charge in [0, 0.05) is 18.0 Å². The molecule has 1 aliphatic rings. The molecular weight excluding hydrogens is 276 g/mol. The van der Waals surface area contributed by atoms with Crippen LogP contribution in [0.5, 0.6) is 5.88 Å². The van der Waals surface area contributed by atoms with E-state index in [0.717, 1.165) is 23.9 Å². The summed E-state index contributed by atoms with van der Waals surface area (Å²) in [5.74, 6) is 1.75. The Hall–Kier alpha value is -1.62. The number of nitrogens with zero attached hydrogens (tertiary/aromatic N) is 4. The Morgan fingerprint density at radius 2 is 1.82 bits per heavy atom. The fraction of sp³-hybridized carbons (Fsp3) is 0.647. The van der Waals surface area contributed by atoms with E-state index in [-0.39, 0.29) is 5.41 Å². The second-order valence-corrected chi connectivity index (χ2v) is 7.21. The molecule has 120 valence electrons. The van der Waals surface area contributed by atoms with E-state index in [0.29, 0.717) is 0 Å². The number of pyridine rings is 1. The van der Waals surface area contributed by atoms with Crippen molar-refractivity contribution >= 4 is 5.65 Å². The van der Waals surface area contributed by atoms with Crippen LogP contribution in [-0.2, 0) is 12.0 Å². The number of piperidine rings is 1. The van der Waals surface area contributed by atoms with Gasteiger partial charge in [-0.05, 0) is 37.6 Å². The van der Waals surface area contributed by atoms with Gasteiger partial charge in [0.25, 0.3) is 0 Å². The maximum Gasteiger partial charge on any atom is 0.200 e. The first kappa shape index (κ1) is 15.3. The summed E-state index contributed by atoms with van der Waals surface area (Å²) < 4.78 is 7.64. The third kappa shape index (κ3) is 2.95. The number of rotatable bonds is 3. The molecule has 0 atom stereocenters. The SMILES string of the molecule is COc1cc(CN2CCCCC2)cc2nnc(C(C)(C)C)n12. The molecule has 0 bridgehead atoms. The number of hydrogen-bond donors (Lipinski definition) is 0. The first-order valence-corrected chi connectivity index (χ1v) is 8.14. The molecule has 1 saturated heterocycles. The lowest BCUT2D eigenvalue weighted by atomic mass is 9.96. The Balaban J connectivity index is 1.97. The highest BCUT2D eigenvalue weighted by molar-refractivity contribution is 5.47. The highest BCUT2D eigenvalue weighted by Crippen LogP contribution is 2.27. The number of ether oxygens (including phenoxy) is 1. The minimum atomic E-state index is -0.0684. The molecule has 0 saturated carbocycles. The normalized spacial score (nSPS) is 17.1. The topological polar surface area (TPSA) is 42.7 Å². The molecule has 2 aromatic rings. The van der Waals surface area contributed by atoms with E-state index in [2.05, 4.69) is 48.0 Å².